The van der Waals surface area contributed by atoms with Crippen molar-refractivity contribution in [3.8, 4) is 0 Å². The molecule has 132 valence electrons. The monoisotopic (exact) mass is 360 g/mol. The lowest BCUT2D eigenvalue weighted by molar-refractivity contribution is -0.114. The molecule has 0 saturated heterocycles. The van der Waals surface area contributed by atoms with Crippen LogP contribution in [0.3, 0.4) is 0 Å². The largest absolute Gasteiger partial charge is 0.325 e. The molecular formula is C19H21FN2O2S. The Kier molecular flexibility index (Phi) is 7.01. The SMILES string of the molecule is CC(C)c1ccc(NC(=O)CSCC(=O)Nc2ccc(F)cc2)cc1. The van der Waals surface area contributed by atoms with Gasteiger partial charge in [0.25, 0.3) is 0 Å². The highest BCUT2D eigenvalue weighted by Gasteiger charge is 2.07. The van der Waals surface area contributed by atoms with Gasteiger partial charge in [-0.25, -0.2) is 4.39 Å². The Hall–Kier alpha value is -2.34. The van der Waals surface area contributed by atoms with Gasteiger partial charge in [-0.05, 0) is 47.9 Å². The van der Waals surface area contributed by atoms with Crippen LogP contribution in [0.2, 0.25) is 0 Å². The molecule has 0 fully saturated rings. The van der Waals surface area contributed by atoms with Crippen molar-refractivity contribution in [1.29, 1.82) is 0 Å². The number of benzene rings is 2. The minimum atomic E-state index is -0.356. The Balaban J connectivity index is 1.70. The second kappa shape index (κ2) is 9.22. The van der Waals surface area contributed by atoms with Gasteiger partial charge in [0, 0.05) is 11.4 Å². The number of carbonyl (C=O) groups excluding carboxylic acids is 2. The molecule has 0 unspecified atom stereocenters. The van der Waals surface area contributed by atoms with Gasteiger partial charge in [0.15, 0.2) is 0 Å². The first-order valence-electron chi connectivity index (χ1n) is 7.97. The number of hydrogen-bond donors (Lipinski definition) is 2. The summed E-state index contributed by atoms with van der Waals surface area (Å²) < 4.78 is 12.8. The lowest BCUT2D eigenvalue weighted by Crippen LogP contribution is -2.18. The maximum atomic E-state index is 12.8. The zero-order valence-electron chi connectivity index (χ0n) is 14.2. The van der Waals surface area contributed by atoms with Crippen molar-refractivity contribution in [2.75, 3.05) is 22.1 Å². The number of anilines is 2. The second-order valence-electron chi connectivity index (χ2n) is 5.87. The van der Waals surface area contributed by atoms with Gasteiger partial charge in [0.1, 0.15) is 5.82 Å². The Labute approximate surface area is 151 Å². The summed E-state index contributed by atoms with van der Waals surface area (Å²) in [6, 6.07) is 13.3. The van der Waals surface area contributed by atoms with Crippen LogP contribution in [0, 0.1) is 5.82 Å². The van der Waals surface area contributed by atoms with Crippen LogP contribution in [0.5, 0.6) is 0 Å². The van der Waals surface area contributed by atoms with Crippen LogP contribution in [0.15, 0.2) is 48.5 Å². The number of rotatable bonds is 7. The molecule has 2 aromatic rings. The van der Waals surface area contributed by atoms with Crippen LogP contribution in [-0.2, 0) is 9.59 Å². The molecule has 2 amide bonds. The molecule has 0 aliphatic heterocycles. The van der Waals surface area contributed by atoms with Crippen molar-refractivity contribution >= 4 is 35.0 Å². The van der Waals surface area contributed by atoms with Gasteiger partial charge >= 0.3 is 0 Å². The molecule has 2 rings (SSSR count). The van der Waals surface area contributed by atoms with Gasteiger partial charge < -0.3 is 10.6 Å². The molecule has 0 aliphatic carbocycles. The molecule has 0 aliphatic rings. The maximum Gasteiger partial charge on any atom is 0.234 e. The standard InChI is InChI=1S/C19H21FN2O2S/c1-13(2)14-3-7-16(8-4-14)21-18(23)11-25-12-19(24)22-17-9-5-15(20)6-10-17/h3-10,13H,11-12H2,1-2H3,(H,21,23)(H,22,24). The molecular weight excluding hydrogens is 339 g/mol. The number of nitrogens with one attached hydrogen (secondary N) is 2. The van der Waals surface area contributed by atoms with E-state index in [0.717, 1.165) is 5.69 Å². The molecule has 0 atom stereocenters. The lowest BCUT2D eigenvalue weighted by atomic mass is 10.0. The fourth-order valence-electron chi connectivity index (χ4n) is 2.12. The van der Waals surface area contributed by atoms with Crippen LogP contribution < -0.4 is 10.6 Å². The highest BCUT2D eigenvalue weighted by atomic mass is 32.2. The smallest absolute Gasteiger partial charge is 0.234 e. The minimum absolute atomic E-state index is 0.150. The molecule has 0 saturated carbocycles. The van der Waals surface area contributed by atoms with Crippen LogP contribution in [0.4, 0.5) is 15.8 Å². The van der Waals surface area contributed by atoms with Crippen molar-refractivity contribution in [3.63, 3.8) is 0 Å². The van der Waals surface area contributed by atoms with Crippen molar-refractivity contribution in [2.24, 2.45) is 0 Å². The molecule has 0 bridgehead atoms. The van der Waals surface area contributed by atoms with E-state index < -0.39 is 0 Å². The quantitative estimate of drug-likeness (QED) is 0.776. The topological polar surface area (TPSA) is 58.2 Å². The van der Waals surface area contributed by atoms with Crippen LogP contribution in [0.1, 0.15) is 25.3 Å². The highest BCUT2D eigenvalue weighted by Crippen LogP contribution is 2.17. The van der Waals surface area contributed by atoms with Gasteiger partial charge in [-0.15, -0.1) is 11.8 Å². The van der Waals surface area contributed by atoms with E-state index in [1.807, 2.05) is 24.3 Å². The van der Waals surface area contributed by atoms with E-state index >= 15 is 0 Å². The predicted molar refractivity (Wildman–Crippen MR) is 102 cm³/mol. The van der Waals surface area contributed by atoms with E-state index in [2.05, 4.69) is 24.5 Å². The molecule has 2 aromatic carbocycles. The normalized spacial score (nSPS) is 10.6. The Bertz CT molecular complexity index is 715. The Morgan fingerprint density at radius 2 is 1.32 bits per heavy atom. The van der Waals surface area contributed by atoms with Crippen molar-refractivity contribution < 1.29 is 14.0 Å². The number of amides is 2. The van der Waals surface area contributed by atoms with Gasteiger partial charge in [0.05, 0.1) is 11.5 Å². The number of carbonyl (C=O) groups is 2. The minimum Gasteiger partial charge on any atom is -0.325 e. The van der Waals surface area contributed by atoms with Gasteiger partial charge in [0.2, 0.25) is 11.8 Å². The van der Waals surface area contributed by atoms with Crippen molar-refractivity contribution in [3.05, 3.63) is 59.9 Å². The van der Waals surface area contributed by atoms with E-state index in [4.69, 9.17) is 0 Å². The summed E-state index contributed by atoms with van der Waals surface area (Å²) >= 11 is 1.22. The molecule has 4 nitrogen and oxygen atoms in total. The number of hydrogen-bond acceptors (Lipinski definition) is 3. The summed E-state index contributed by atoms with van der Waals surface area (Å²) in [6.45, 7) is 4.22. The van der Waals surface area contributed by atoms with E-state index in [-0.39, 0.29) is 29.1 Å². The Morgan fingerprint density at radius 1 is 0.880 bits per heavy atom. The third-order valence-electron chi connectivity index (χ3n) is 3.46. The van der Waals surface area contributed by atoms with Crippen molar-refractivity contribution in [1.82, 2.24) is 0 Å². The summed E-state index contributed by atoms with van der Waals surface area (Å²) in [5.74, 6) is 0.0350. The third kappa shape index (κ3) is 6.58. The average Bonchev–Trinajstić information content (AvgIpc) is 2.57. The van der Waals surface area contributed by atoms with E-state index in [1.54, 1.807) is 0 Å². The zero-order valence-corrected chi connectivity index (χ0v) is 15.0. The van der Waals surface area contributed by atoms with Crippen LogP contribution >= 0.6 is 11.8 Å². The highest BCUT2D eigenvalue weighted by molar-refractivity contribution is 8.00. The third-order valence-corrected chi connectivity index (χ3v) is 4.39. The van der Waals surface area contributed by atoms with Gasteiger partial charge in [-0.1, -0.05) is 26.0 Å². The first-order chi connectivity index (χ1) is 11.9. The lowest BCUT2D eigenvalue weighted by Gasteiger charge is -2.08. The van der Waals surface area contributed by atoms with Gasteiger partial charge in [-0.2, -0.15) is 0 Å². The molecule has 0 radical (unpaired) electrons. The predicted octanol–water partition coefficient (Wildman–Crippen LogP) is 4.26. The molecule has 6 heteroatoms. The fourth-order valence-corrected chi connectivity index (χ4v) is 2.73. The Morgan fingerprint density at radius 3 is 1.76 bits per heavy atom. The number of thioether (sulfide) groups is 1. The van der Waals surface area contributed by atoms with Gasteiger partial charge in [-0.3, -0.25) is 9.59 Å². The van der Waals surface area contributed by atoms with Crippen molar-refractivity contribution in [2.45, 2.75) is 19.8 Å². The summed E-state index contributed by atoms with van der Waals surface area (Å²) in [5, 5.41) is 5.46. The zero-order chi connectivity index (χ0) is 18.2. The summed E-state index contributed by atoms with van der Waals surface area (Å²) in [5.41, 5.74) is 2.48. The van der Waals surface area contributed by atoms with E-state index in [9.17, 15) is 14.0 Å². The maximum absolute atomic E-state index is 12.8. The fraction of sp³-hybridized carbons (Fsp3) is 0.263. The molecule has 0 aromatic heterocycles. The average molecular weight is 360 g/mol. The first kappa shape index (κ1) is 19.0. The summed E-state index contributed by atoms with van der Waals surface area (Å²) in [6.07, 6.45) is 0. The van der Waals surface area contributed by atoms with Crippen LogP contribution in [-0.4, -0.2) is 23.3 Å². The molecule has 0 heterocycles. The summed E-state index contributed by atoms with van der Waals surface area (Å²) in [4.78, 5) is 23.7. The first-order valence-corrected chi connectivity index (χ1v) is 9.12. The second-order valence-corrected chi connectivity index (χ2v) is 6.86. The molecule has 0 spiro atoms. The van der Waals surface area contributed by atoms with Crippen LogP contribution in [0.25, 0.3) is 0 Å². The summed E-state index contributed by atoms with van der Waals surface area (Å²) in [7, 11) is 0. The number of halogens is 1. The van der Waals surface area contributed by atoms with E-state index in [0.29, 0.717) is 11.6 Å². The molecule has 25 heavy (non-hydrogen) atoms. The molecule has 2 N–H and O–H groups in total. The van der Waals surface area contributed by atoms with E-state index in [1.165, 1.54) is 41.6 Å².